The van der Waals surface area contributed by atoms with E-state index in [1.807, 2.05) is 0 Å². The van der Waals surface area contributed by atoms with E-state index < -0.39 is 16.0 Å². The summed E-state index contributed by atoms with van der Waals surface area (Å²) in [6, 6.07) is 4.06. The van der Waals surface area contributed by atoms with Crippen LogP contribution in [0.15, 0.2) is 27.6 Å². The van der Waals surface area contributed by atoms with E-state index in [1.54, 1.807) is 0 Å². The summed E-state index contributed by atoms with van der Waals surface area (Å²) in [5.74, 6) is -0.0769. The molecule has 2 rings (SSSR count). The van der Waals surface area contributed by atoms with Crippen molar-refractivity contribution in [3.05, 3.63) is 28.2 Å². The minimum Gasteiger partial charge on any atom is -0.462 e. The largest absolute Gasteiger partial charge is 0.462 e. The number of carbonyl (C=O) groups excluding carboxylic acids is 1. The van der Waals surface area contributed by atoms with Crippen molar-refractivity contribution in [3.8, 4) is 0 Å². The van der Waals surface area contributed by atoms with Gasteiger partial charge in [-0.05, 0) is 37.0 Å². The summed E-state index contributed by atoms with van der Waals surface area (Å²) in [7, 11) is -3.84. The van der Waals surface area contributed by atoms with Crippen molar-refractivity contribution in [1.82, 2.24) is 0 Å². The van der Waals surface area contributed by atoms with Crippen LogP contribution in [-0.4, -0.2) is 21.0 Å². The number of rotatable bonds is 4. The smallest absolute Gasteiger partial charge is 0.338 e. The Hall–Kier alpha value is -0.920. The third-order valence-corrected chi connectivity index (χ3v) is 3.93. The first kappa shape index (κ1) is 13.5. The Morgan fingerprint density at radius 3 is 2.61 bits per heavy atom. The van der Waals surface area contributed by atoms with E-state index in [4.69, 9.17) is 9.88 Å². The topological polar surface area (TPSA) is 86.5 Å². The Bertz CT molecular complexity index is 581. The molecule has 1 aromatic carbocycles. The molecule has 0 amide bonds. The van der Waals surface area contributed by atoms with Crippen LogP contribution in [-0.2, 0) is 14.8 Å². The maximum Gasteiger partial charge on any atom is 0.338 e. The fourth-order valence-corrected chi connectivity index (χ4v) is 2.63. The summed E-state index contributed by atoms with van der Waals surface area (Å²) in [4.78, 5) is 11.6. The van der Waals surface area contributed by atoms with Crippen molar-refractivity contribution >= 4 is 31.9 Å². The van der Waals surface area contributed by atoms with Crippen LogP contribution in [0.2, 0.25) is 0 Å². The first-order valence-corrected chi connectivity index (χ1v) is 7.71. The van der Waals surface area contributed by atoms with Gasteiger partial charge in [-0.1, -0.05) is 15.9 Å². The number of primary sulfonamides is 1. The number of benzene rings is 1. The maximum absolute atomic E-state index is 11.7. The number of hydrogen-bond donors (Lipinski definition) is 1. The van der Waals surface area contributed by atoms with Crippen LogP contribution in [0.5, 0.6) is 0 Å². The maximum atomic E-state index is 11.7. The standard InChI is InChI=1S/C11H12BrNO4S/c12-9-3-8(4-10(5-9)18(13,15)16)11(14)17-6-7-1-2-7/h3-5,7H,1-2,6H2,(H2,13,15,16). The zero-order valence-corrected chi connectivity index (χ0v) is 11.8. The van der Waals surface area contributed by atoms with E-state index in [1.165, 1.54) is 18.2 Å². The normalized spacial score (nSPS) is 15.4. The summed E-state index contributed by atoms with van der Waals surface area (Å²) in [5.41, 5.74) is 0.175. The first-order chi connectivity index (χ1) is 8.36. The van der Waals surface area contributed by atoms with Crippen molar-refractivity contribution in [1.29, 1.82) is 0 Å². The minimum absolute atomic E-state index is 0.116. The average Bonchev–Trinajstić information content (AvgIpc) is 3.07. The van der Waals surface area contributed by atoms with Gasteiger partial charge in [-0.3, -0.25) is 0 Å². The highest BCUT2D eigenvalue weighted by Crippen LogP contribution is 2.29. The van der Waals surface area contributed by atoms with E-state index in [0.717, 1.165) is 12.8 Å². The third-order valence-electron chi connectivity index (χ3n) is 2.58. The molecule has 0 aliphatic heterocycles. The molecule has 1 saturated carbocycles. The Labute approximate surface area is 113 Å². The van der Waals surface area contributed by atoms with E-state index in [9.17, 15) is 13.2 Å². The van der Waals surface area contributed by atoms with E-state index in [0.29, 0.717) is 17.0 Å². The van der Waals surface area contributed by atoms with Crippen LogP contribution in [0.3, 0.4) is 0 Å². The van der Waals surface area contributed by atoms with Gasteiger partial charge in [-0.15, -0.1) is 0 Å². The van der Waals surface area contributed by atoms with Crippen molar-refractivity contribution in [3.63, 3.8) is 0 Å². The molecule has 1 aromatic rings. The third kappa shape index (κ3) is 3.54. The first-order valence-electron chi connectivity index (χ1n) is 5.37. The zero-order chi connectivity index (χ0) is 13.3. The lowest BCUT2D eigenvalue weighted by Gasteiger charge is -2.06. The molecule has 7 heteroatoms. The number of nitrogens with two attached hydrogens (primary N) is 1. The molecule has 0 atom stereocenters. The second-order valence-corrected chi connectivity index (χ2v) is 6.74. The van der Waals surface area contributed by atoms with Gasteiger partial charge < -0.3 is 4.74 Å². The number of halogens is 1. The van der Waals surface area contributed by atoms with Gasteiger partial charge in [0.25, 0.3) is 0 Å². The van der Waals surface area contributed by atoms with Gasteiger partial charge in [0.15, 0.2) is 0 Å². The average molecular weight is 334 g/mol. The van der Waals surface area contributed by atoms with Gasteiger partial charge in [0.1, 0.15) is 0 Å². The number of ether oxygens (including phenoxy) is 1. The molecule has 1 aliphatic rings. The van der Waals surface area contributed by atoms with Crippen molar-refractivity contribution in [2.45, 2.75) is 17.7 Å². The molecule has 1 aliphatic carbocycles. The molecule has 0 heterocycles. The molecule has 0 aromatic heterocycles. The predicted octanol–water partition coefficient (Wildman–Crippen LogP) is 1.66. The lowest BCUT2D eigenvalue weighted by atomic mass is 10.2. The highest BCUT2D eigenvalue weighted by molar-refractivity contribution is 9.10. The van der Waals surface area contributed by atoms with Gasteiger partial charge in [0, 0.05) is 4.47 Å². The lowest BCUT2D eigenvalue weighted by molar-refractivity contribution is 0.0485. The summed E-state index contributed by atoms with van der Waals surface area (Å²) in [6.07, 6.45) is 2.16. The molecular weight excluding hydrogens is 322 g/mol. The summed E-state index contributed by atoms with van der Waals surface area (Å²) in [5, 5.41) is 5.03. The summed E-state index contributed by atoms with van der Waals surface area (Å²) >= 11 is 3.14. The van der Waals surface area contributed by atoms with E-state index >= 15 is 0 Å². The molecule has 0 saturated heterocycles. The Morgan fingerprint density at radius 1 is 1.39 bits per heavy atom. The fourth-order valence-electron chi connectivity index (χ4n) is 1.41. The Kier molecular flexibility index (Phi) is 3.74. The molecule has 2 N–H and O–H groups in total. The summed E-state index contributed by atoms with van der Waals surface area (Å²) in [6.45, 7) is 0.385. The SMILES string of the molecule is NS(=O)(=O)c1cc(Br)cc(C(=O)OCC2CC2)c1. The van der Waals surface area contributed by atoms with E-state index in [-0.39, 0.29) is 10.5 Å². The van der Waals surface area contributed by atoms with Gasteiger partial charge in [0.05, 0.1) is 17.1 Å². The van der Waals surface area contributed by atoms with Gasteiger partial charge in [0.2, 0.25) is 10.0 Å². The Balaban J connectivity index is 2.21. The van der Waals surface area contributed by atoms with Gasteiger partial charge in [-0.25, -0.2) is 18.4 Å². The van der Waals surface area contributed by atoms with Crippen LogP contribution in [0.1, 0.15) is 23.2 Å². The van der Waals surface area contributed by atoms with Crippen LogP contribution in [0.4, 0.5) is 0 Å². The molecule has 0 bridgehead atoms. The van der Waals surface area contributed by atoms with Crippen molar-refractivity contribution < 1.29 is 17.9 Å². The van der Waals surface area contributed by atoms with Gasteiger partial charge >= 0.3 is 5.97 Å². The summed E-state index contributed by atoms with van der Waals surface area (Å²) < 4.78 is 28.0. The predicted molar refractivity (Wildman–Crippen MR) is 68.5 cm³/mol. The Morgan fingerprint density at radius 2 is 2.06 bits per heavy atom. The molecule has 18 heavy (non-hydrogen) atoms. The quantitative estimate of drug-likeness (QED) is 0.849. The zero-order valence-electron chi connectivity index (χ0n) is 9.43. The molecule has 0 unspecified atom stereocenters. The highest BCUT2D eigenvalue weighted by atomic mass is 79.9. The molecular formula is C11H12BrNO4S. The number of carbonyl (C=O) groups is 1. The van der Waals surface area contributed by atoms with E-state index in [2.05, 4.69) is 15.9 Å². The molecule has 0 radical (unpaired) electrons. The number of hydrogen-bond acceptors (Lipinski definition) is 4. The van der Waals surface area contributed by atoms with Crippen LogP contribution >= 0.6 is 15.9 Å². The molecule has 1 fully saturated rings. The number of esters is 1. The second kappa shape index (κ2) is 4.99. The van der Waals surface area contributed by atoms with Crippen LogP contribution < -0.4 is 5.14 Å². The van der Waals surface area contributed by atoms with Gasteiger partial charge in [-0.2, -0.15) is 0 Å². The lowest BCUT2D eigenvalue weighted by Crippen LogP contribution is -2.14. The number of sulfonamides is 1. The second-order valence-electron chi connectivity index (χ2n) is 4.26. The molecule has 5 nitrogen and oxygen atoms in total. The fraction of sp³-hybridized carbons (Fsp3) is 0.364. The monoisotopic (exact) mass is 333 g/mol. The van der Waals surface area contributed by atoms with Crippen LogP contribution in [0, 0.1) is 5.92 Å². The molecule has 98 valence electrons. The van der Waals surface area contributed by atoms with Crippen LogP contribution in [0.25, 0.3) is 0 Å². The molecule has 0 spiro atoms. The highest BCUT2D eigenvalue weighted by Gasteiger charge is 2.23. The van der Waals surface area contributed by atoms with Crippen molar-refractivity contribution in [2.75, 3.05) is 6.61 Å². The minimum atomic E-state index is -3.84. The van der Waals surface area contributed by atoms with Crippen molar-refractivity contribution in [2.24, 2.45) is 11.1 Å².